The van der Waals surface area contributed by atoms with E-state index in [0.717, 1.165) is 23.2 Å². The van der Waals surface area contributed by atoms with Crippen molar-refractivity contribution in [1.29, 1.82) is 0 Å². The standard InChI is InChI=1S/C13H18BrN3/c1-9(2)7-17-8-10(5-6-15)11-3-4-12(14)16-13(11)17/h3-4,8-9H,5-7,15H2,1-2H3. The maximum absolute atomic E-state index is 5.65. The summed E-state index contributed by atoms with van der Waals surface area (Å²) in [5.41, 5.74) is 8.00. The molecule has 0 atom stereocenters. The van der Waals surface area contributed by atoms with Crippen LogP contribution in [0.2, 0.25) is 0 Å². The van der Waals surface area contributed by atoms with Crippen LogP contribution < -0.4 is 5.73 Å². The fourth-order valence-corrected chi connectivity index (χ4v) is 2.40. The van der Waals surface area contributed by atoms with Crippen LogP contribution in [-0.2, 0) is 13.0 Å². The number of halogens is 1. The zero-order valence-electron chi connectivity index (χ0n) is 10.3. The van der Waals surface area contributed by atoms with Crippen molar-refractivity contribution >= 4 is 27.0 Å². The first-order valence-electron chi connectivity index (χ1n) is 5.96. The Balaban J connectivity index is 2.54. The molecule has 0 saturated heterocycles. The van der Waals surface area contributed by atoms with Gasteiger partial charge in [0.15, 0.2) is 0 Å². The zero-order chi connectivity index (χ0) is 12.4. The number of nitrogens with zero attached hydrogens (tertiary/aromatic N) is 2. The minimum atomic E-state index is 0.608. The Morgan fingerprint density at radius 1 is 1.41 bits per heavy atom. The number of pyridine rings is 1. The van der Waals surface area contributed by atoms with Crippen LogP contribution >= 0.6 is 15.9 Å². The Bertz CT molecular complexity index is 517. The molecule has 2 N–H and O–H groups in total. The van der Waals surface area contributed by atoms with E-state index in [1.165, 1.54) is 10.9 Å². The fraction of sp³-hybridized carbons (Fsp3) is 0.462. The number of nitrogens with two attached hydrogens (primary N) is 1. The second-order valence-corrected chi connectivity index (χ2v) is 5.56. The Morgan fingerprint density at radius 3 is 2.82 bits per heavy atom. The average Bonchev–Trinajstić information content (AvgIpc) is 2.56. The Hall–Kier alpha value is -0.870. The van der Waals surface area contributed by atoms with E-state index in [9.17, 15) is 0 Å². The first-order chi connectivity index (χ1) is 8.11. The molecular formula is C13H18BrN3. The maximum Gasteiger partial charge on any atom is 0.141 e. The van der Waals surface area contributed by atoms with Crippen molar-refractivity contribution in [1.82, 2.24) is 9.55 Å². The lowest BCUT2D eigenvalue weighted by molar-refractivity contribution is 0.532. The molecule has 0 saturated carbocycles. The zero-order valence-corrected chi connectivity index (χ0v) is 11.9. The van der Waals surface area contributed by atoms with Crippen LogP contribution in [0.25, 0.3) is 11.0 Å². The summed E-state index contributed by atoms with van der Waals surface area (Å²) < 4.78 is 3.11. The summed E-state index contributed by atoms with van der Waals surface area (Å²) in [5.74, 6) is 0.608. The second kappa shape index (κ2) is 5.19. The van der Waals surface area contributed by atoms with Crippen molar-refractivity contribution in [3.8, 4) is 0 Å². The van der Waals surface area contributed by atoms with Gasteiger partial charge >= 0.3 is 0 Å². The summed E-state index contributed by atoms with van der Waals surface area (Å²) in [4.78, 5) is 4.57. The number of hydrogen-bond donors (Lipinski definition) is 1. The smallest absolute Gasteiger partial charge is 0.141 e. The summed E-state index contributed by atoms with van der Waals surface area (Å²) in [5, 5.41) is 1.22. The highest BCUT2D eigenvalue weighted by Crippen LogP contribution is 2.23. The molecule has 3 nitrogen and oxygen atoms in total. The van der Waals surface area contributed by atoms with Crippen LogP contribution in [0.4, 0.5) is 0 Å². The predicted octanol–water partition coefficient (Wildman–Crippen LogP) is 2.96. The molecule has 0 unspecified atom stereocenters. The number of hydrogen-bond acceptors (Lipinski definition) is 2. The number of fused-ring (bicyclic) bond motifs is 1. The van der Waals surface area contributed by atoms with Gasteiger partial charge < -0.3 is 10.3 Å². The van der Waals surface area contributed by atoms with E-state index in [-0.39, 0.29) is 0 Å². The predicted molar refractivity (Wildman–Crippen MR) is 75.0 cm³/mol. The third-order valence-electron chi connectivity index (χ3n) is 2.75. The second-order valence-electron chi connectivity index (χ2n) is 4.74. The summed E-state index contributed by atoms with van der Waals surface area (Å²) in [6, 6.07) is 4.11. The quantitative estimate of drug-likeness (QED) is 0.882. The van der Waals surface area contributed by atoms with Gasteiger partial charge in [-0.15, -0.1) is 0 Å². The Labute approximate surface area is 110 Å². The minimum Gasteiger partial charge on any atom is -0.332 e. The molecule has 0 spiro atoms. The largest absolute Gasteiger partial charge is 0.332 e. The van der Waals surface area contributed by atoms with Gasteiger partial charge in [-0.2, -0.15) is 0 Å². The Kier molecular flexibility index (Phi) is 3.84. The average molecular weight is 296 g/mol. The Morgan fingerprint density at radius 2 is 2.18 bits per heavy atom. The molecule has 0 aromatic carbocycles. The molecule has 0 fully saturated rings. The van der Waals surface area contributed by atoms with E-state index in [1.807, 2.05) is 6.07 Å². The van der Waals surface area contributed by atoms with Gasteiger partial charge in [0.2, 0.25) is 0 Å². The van der Waals surface area contributed by atoms with Gasteiger partial charge in [0, 0.05) is 18.1 Å². The van der Waals surface area contributed by atoms with Crippen molar-refractivity contribution in [2.24, 2.45) is 11.7 Å². The lowest BCUT2D eigenvalue weighted by Crippen LogP contribution is -2.04. The normalized spacial score (nSPS) is 11.6. The van der Waals surface area contributed by atoms with E-state index < -0.39 is 0 Å². The van der Waals surface area contributed by atoms with E-state index >= 15 is 0 Å². The van der Waals surface area contributed by atoms with E-state index in [1.54, 1.807) is 0 Å². The highest BCUT2D eigenvalue weighted by atomic mass is 79.9. The van der Waals surface area contributed by atoms with Gasteiger partial charge in [0.05, 0.1) is 0 Å². The highest BCUT2D eigenvalue weighted by Gasteiger charge is 2.10. The van der Waals surface area contributed by atoms with Crippen LogP contribution in [-0.4, -0.2) is 16.1 Å². The van der Waals surface area contributed by atoms with Gasteiger partial charge in [-0.05, 0) is 52.5 Å². The first-order valence-corrected chi connectivity index (χ1v) is 6.75. The molecular weight excluding hydrogens is 278 g/mol. The third-order valence-corrected chi connectivity index (χ3v) is 3.19. The van der Waals surface area contributed by atoms with Crippen molar-refractivity contribution in [2.45, 2.75) is 26.8 Å². The van der Waals surface area contributed by atoms with Crippen molar-refractivity contribution in [2.75, 3.05) is 6.54 Å². The molecule has 2 aromatic rings. The van der Waals surface area contributed by atoms with Crippen LogP contribution in [0.1, 0.15) is 19.4 Å². The minimum absolute atomic E-state index is 0.608. The molecule has 0 amide bonds. The highest BCUT2D eigenvalue weighted by molar-refractivity contribution is 9.10. The first kappa shape index (κ1) is 12.6. The van der Waals surface area contributed by atoms with Gasteiger partial charge in [-0.1, -0.05) is 13.8 Å². The van der Waals surface area contributed by atoms with E-state index in [0.29, 0.717) is 12.5 Å². The number of aromatic nitrogens is 2. The maximum atomic E-state index is 5.65. The van der Waals surface area contributed by atoms with E-state index in [4.69, 9.17) is 5.73 Å². The lowest BCUT2D eigenvalue weighted by Gasteiger charge is -2.07. The van der Waals surface area contributed by atoms with Crippen molar-refractivity contribution < 1.29 is 0 Å². The van der Waals surface area contributed by atoms with Crippen LogP contribution in [0.5, 0.6) is 0 Å². The van der Waals surface area contributed by atoms with Crippen LogP contribution in [0.15, 0.2) is 22.9 Å². The molecule has 0 aliphatic carbocycles. The summed E-state index contributed by atoms with van der Waals surface area (Å²) in [6.07, 6.45) is 3.10. The van der Waals surface area contributed by atoms with Crippen molar-refractivity contribution in [3.63, 3.8) is 0 Å². The molecule has 0 aliphatic heterocycles. The molecule has 4 heteroatoms. The summed E-state index contributed by atoms with van der Waals surface area (Å²) in [6.45, 7) is 6.10. The monoisotopic (exact) mass is 295 g/mol. The van der Waals surface area contributed by atoms with E-state index in [2.05, 4.69) is 51.6 Å². The van der Waals surface area contributed by atoms with Crippen molar-refractivity contribution in [3.05, 3.63) is 28.5 Å². The topological polar surface area (TPSA) is 43.8 Å². The summed E-state index contributed by atoms with van der Waals surface area (Å²) >= 11 is 3.43. The molecule has 17 heavy (non-hydrogen) atoms. The fourth-order valence-electron chi connectivity index (χ4n) is 2.10. The lowest BCUT2D eigenvalue weighted by atomic mass is 10.2. The van der Waals surface area contributed by atoms with Crippen LogP contribution in [0, 0.1) is 5.92 Å². The molecule has 0 bridgehead atoms. The molecule has 0 aliphatic rings. The number of rotatable bonds is 4. The molecule has 2 aromatic heterocycles. The molecule has 2 heterocycles. The summed E-state index contributed by atoms with van der Waals surface area (Å²) in [7, 11) is 0. The third kappa shape index (κ3) is 2.69. The van der Waals surface area contributed by atoms with Gasteiger partial charge in [0.25, 0.3) is 0 Å². The SMILES string of the molecule is CC(C)Cn1cc(CCN)c2ccc(Br)nc21. The molecule has 2 rings (SSSR count). The molecule has 0 radical (unpaired) electrons. The van der Waals surface area contributed by atoms with Crippen LogP contribution in [0.3, 0.4) is 0 Å². The van der Waals surface area contributed by atoms with Gasteiger partial charge in [-0.25, -0.2) is 4.98 Å². The molecule has 92 valence electrons. The van der Waals surface area contributed by atoms with Gasteiger partial charge in [0.1, 0.15) is 10.3 Å². The van der Waals surface area contributed by atoms with Gasteiger partial charge in [-0.3, -0.25) is 0 Å².